The van der Waals surface area contributed by atoms with E-state index in [2.05, 4.69) is 0 Å². The van der Waals surface area contributed by atoms with Gasteiger partial charge in [0.25, 0.3) is 0 Å². The van der Waals surface area contributed by atoms with Gasteiger partial charge < -0.3 is 10.8 Å². The molecule has 21 heavy (non-hydrogen) atoms. The molecule has 0 saturated carbocycles. The molecule has 2 rings (SSSR count). The molecule has 0 amide bonds. The van der Waals surface area contributed by atoms with Crippen molar-refractivity contribution in [3.8, 4) is 0 Å². The first-order valence-electron chi connectivity index (χ1n) is 6.52. The van der Waals surface area contributed by atoms with Crippen LogP contribution in [0.1, 0.15) is 11.1 Å². The molecule has 0 radical (unpaired) electrons. The second kappa shape index (κ2) is 6.28. The Bertz CT molecular complexity index is 606. The first-order valence-corrected chi connectivity index (χ1v) is 6.52. The standard InChI is InChI=1S/C16H16F3NO/c17-12-5-11(6-13(18)7-12)8-16(9-20,10-21)14-3-1-2-4-15(14)19/h1-7,21H,8-10,20H2. The lowest BCUT2D eigenvalue weighted by atomic mass is 9.76. The van der Waals surface area contributed by atoms with Crippen LogP contribution in [0, 0.1) is 17.5 Å². The summed E-state index contributed by atoms with van der Waals surface area (Å²) in [6, 6.07) is 9.02. The van der Waals surface area contributed by atoms with Crippen LogP contribution >= 0.6 is 0 Å². The Hall–Kier alpha value is -1.85. The molecule has 0 aliphatic rings. The van der Waals surface area contributed by atoms with Crippen LogP contribution in [0.4, 0.5) is 13.2 Å². The third-order valence-corrected chi connectivity index (χ3v) is 3.60. The molecule has 0 saturated heterocycles. The van der Waals surface area contributed by atoms with E-state index in [0.29, 0.717) is 5.56 Å². The molecule has 1 unspecified atom stereocenters. The molecule has 3 N–H and O–H groups in total. The van der Waals surface area contributed by atoms with Crippen LogP contribution in [-0.4, -0.2) is 18.3 Å². The van der Waals surface area contributed by atoms with E-state index >= 15 is 0 Å². The number of nitrogens with two attached hydrogens (primary N) is 1. The van der Waals surface area contributed by atoms with Gasteiger partial charge in [-0.2, -0.15) is 0 Å². The highest BCUT2D eigenvalue weighted by atomic mass is 19.1. The van der Waals surface area contributed by atoms with Crippen molar-refractivity contribution >= 4 is 0 Å². The lowest BCUT2D eigenvalue weighted by Gasteiger charge is -2.31. The number of rotatable bonds is 5. The van der Waals surface area contributed by atoms with E-state index in [-0.39, 0.29) is 18.5 Å². The van der Waals surface area contributed by atoms with Crippen LogP contribution in [0.2, 0.25) is 0 Å². The predicted octanol–water partition coefficient (Wildman–Crippen LogP) is 2.54. The van der Waals surface area contributed by atoms with Gasteiger partial charge in [0, 0.05) is 18.0 Å². The first-order chi connectivity index (χ1) is 10.0. The highest BCUT2D eigenvalue weighted by Gasteiger charge is 2.33. The van der Waals surface area contributed by atoms with Gasteiger partial charge in [-0.15, -0.1) is 0 Å². The summed E-state index contributed by atoms with van der Waals surface area (Å²) >= 11 is 0. The smallest absolute Gasteiger partial charge is 0.127 e. The summed E-state index contributed by atoms with van der Waals surface area (Å²) in [5, 5.41) is 9.72. The van der Waals surface area contributed by atoms with Crippen LogP contribution in [0.15, 0.2) is 42.5 Å². The second-order valence-corrected chi connectivity index (χ2v) is 5.08. The molecule has 112 valence electrons. The number of aliphatic hydroxyl groups excluding tert-OH is 1. The number of benzene rings is 2. The van der Waals surface area contributed by atoms with E-state index in [9.17, 15) is 18.3 Å². The number of hydrogen-bond donors (Lipinski definition) is 2. The third kappa shape index (κ3) is 3.25. The van der Waals surface area contributed by atoms with Gasteiger partial charge in [-0.25, -0.2) is 13.2 Å². The van der Waals surface area contributed by atoms with E-state index in [1.807, 2.05) is 0 Å². The molecule has 0 fully saturated rings. The second-order valence-electron chi connectivity index (χ2n) is 5.08. The van der Waals surface area contributed by atoms with Gasteiger partial charge in [0.05, 0.1) is 6.61 Å². The molecule has 0 spiro atoms. The fraction of sp³-hybridized carbons (Fsp3) is 0.250. The topological polar surface area (TPSA) is 46.2 Å². The average Bonchev–Trinajstić information content (AvgIpc) is 2.44. The van der Waals surface area contributed by atoms with E-state index < -0.39 is 29.5 Å². The van der Waals surface area contributed by atoms with Gasteiger partial charge in [-0.05, 0) is 35.7 Å². The fourth-order valence-electron chi connectivity index (χ4n) is 2.48. The van der Waals surface area contributed by atoms with Crippen molar-refractivity contribution < 1.29 is 18.3 Å². The molecule has 2 nitrogen and oxygen atoms in total. The van der Waals surface area contributed by atoms with Crippen LogP contribution in [-0.2, 0) is 11.8 Å². The molecule has 0 aromatic heterocycles. The summed E-state index contributed by atoms with van der Waals surface area (Å²) in [7, 11) is 0. The molecule has 2 aromatic rings. The minimum absolute atomic E-state index is 0.0373. The summed E-state index contributed by atoms with van der Waals surface area (Å²) in [6.07, 6.45) is 0.0373. The molecule has 5 heteroatoms. The zero-order chi connectivity index (χ0) is 15.5. The van der Waals surface area contributed by atoms with E-state index in [4.69, 9.17) is 5.73 Å². The Labute approximate surface area is 121 Å². The molecule has 0 bridgehead atoms. The van der Waals surface area contributed by atoms with E-state index in [1.54, 1.807) is 6.07 Å². The molecule has 0 aliphatic carbocycles. The molecular weight excluding hydrogens is 279 g/mol. The van der Waals surface area contributed by atoms with Crippen LogP contribution in [0.5, 0.6) is 0 Å². The molecule has 0 heterocycles. The van der Waals surface area contributed by atoms with Crippen molar-refractivity contribution in [2.75, 3.05) is 13.2 Å². The molecule has 2 aromatic carbocycles. The van der Waals surface area contributed by atoms with Gasteiger partial charge >= 0.3 is 0 Å². The van der Waals surface area contributed by atoms with Gasteiger partial charge in [-0.3, -0.25) is 0 Å². The largest absolute Gasteiger partial charge is 0.395 e. The van der Waals surface area contributed by atoms with Crippen molar-refractivity contribution in [1.82, 2.24) is 0 Å². The third-order valence-electron chi connectivity index (χ3n) is 3.60. The van der Waals surface area contributed by atoms with Crippen molar-refractivity contribution in [3.05, 3.63) is 71.0 Å². The van der Waals surface area contributed by atoms with Gasteiger partial charge in [0.15, 0.2) is 0 Å². The number of halogens is 3. The fourth-order valence-corrected chi connectivity index (χ4v) is 2.48. The maximum atomic E-state index is 14.0. The first kappa shape index (κ1) is 15.5. The lowest BCUT2D eigenvalue weighted by molar-refractivity contribution is 0.192. The van der Waals surface area contributed by atoms with E-state index in [0.717, 1.165) is 18.2 Å². The highest BCUT2D eigenvalue weighted by molar-refractivity contribution is 5.32. The zero-order valence-electron chi connectivity index (χ0n) is 11.3. The minimum Gasteiger partial charge on any atom is -0.395 e. The Morgan fingerprint density at radius 2 is 1.62 bits per heavy atom. The Morgan fingerprint density at radius 3 is 2.14 bits per heavy atom. The molecule has 1 atom stereocenters. The summed E-state index contributed by atoms with van der Waals surface area (Å²) in [5.41, 5.74) is 5.16. The minimum atomic E-state index is -1.12. The SMILES string of the molecule is NCC(CO)(Cc1cc(F)cc(F)c1)c1ccccc1F. The average molecular weight is 295 g/mol. The summed E-state index contributed by atoms with van der Waals surface area (Å²) in [5.74, 6) is -1.95. The number of hydrogen-bond acceptors (Lipinski definition) is 2. The van der Waals surface area contributed by atoms with Crippen molar-refractivity contribution in [3.63, 3.8) is 0 Å². The van der Waals surface area contributed by atoms with Crippen molar-refractivity contribution in [2.45, 2.75) is 11.8 Å². The summed E-state index contributed by atoms with van der Waals surface area (Å²) < 4.78 is 40.6. The summed E-state index contributed by atoms with van der Waals surface area (Å²) in [4.78, 5) is 0. The lowest BCUT2D eigenvalue weighted by Crippen LogP contribution is -2.41. The maximum Gasteiger partial charge on any atom is 0.127 e. The Kier molecular flexibility index (Phi) is 4.65. The van der Waals surface area contributed by atoms with Crippen LogP contribution < -0.4 is 5.73 Å². The Morgan fingerprint density at radius 1 is 1.00 bits per heavy atom. The Balaban J connectivity index is 2.45. The van der Waals surface area contributed by atoms with Crippen LogP contribution in [0.25, 0.3) is 0 Å². The quantitative estimate of drug-likeness (QED) is 0.890. The number of aliphatic hydroxyl groups is 1. The predicted molar refractivity (Wildman–Crippen MR) is 74.3 cm³/mol. The molecule has 0 aliphatic heterocycles. The monoisotopic (exact) mass is 295 g/mol. The van der Waals surface area contributed by atoms with Crippen LogP contribution in [0.3, 0.4) is 0 Å². The van der Waals surface area contributed by atoms with Gasteiger partial charge in [0.2, 0.25) is 0 Å². The molecular formula is C16H16F3NO. The highest BCUT2D eigenvalue weighted by Crippen LogP contribution is 2.30. The van der Waals surface area contributed by atoms with Gasteiger partial charge in [-0.1, -0.05) is 18.2 Å². The van der Waals surface area contributed by atoms with Gasteiger partial charge in [0.1, 0.15) is 17.5 Å². The van der Waals surface area contributed by atoms with E-state index in [1.165, 1.54) is 18.2 Å². The maximum absolute atomic E-state index is 14.0. The normalized spacial score (nSPS) is 14.0. The van der Waals surface area contributed by atoms with Crippen molar-refractivity contribution in [1.29, 1.82) is 0 Å². The van der Waals surface area contributed by atoms with Crippen molar-refractivity contribution in [2.24, 2.45) is 5.73 Å². The zero-order valence-corrected chi connectivity index (χ0v) is 11.3. The summed E-state index contributed by atoms with van der Waals surface area (Å²) in [6.45, 7) is -0.481.